The van der Waals surface area contributed by atoms with E-state index >= 15 is 0 Å². The Hall–Kier alpha value is -1.15. The number of imidazole rings is 2. The number of rotatable bonds is 2. The molecule has 3 rings (SSSR count). The highest BCUT2D eigenvalue weighted by Crippen LogP contribution is 2.18. The lowest BCUT2D eigenvalue weighted by atomic mass is 10.3. The molecule has 0 spiro atoms. The maximum absolute atomic E-state index is 5.38. The molecule has 0 radical (unpaired) electrons. The van der Waals surface area contributed by atoms with Crippen molar-refractivity contribution in [2.45, 2.75) is 6.54 Å². The average Bonchev–Trinajstić information content (AvgIpc) is 2.85. The zero-order valence-corrected chi connectivity index (χ0v) is 12.7. The number of hydrogen-bond acceptors (Lipinski definition) is 2. The van der Waals surface area contributed by atoms with E-state index in [4.69, 9.17) is 12.2 Å². The van der Waals surface area contributed by atoms with E-state index in [1.807, 2.05) is 17.8 Å². The molecule has 2 aromatic heterocycles. The quantitative estimate of drug-likeness (QED) is 0.556. The van der Waals surface area contributed by atoms with Crippen LogP contribution in [0, 0.1) is 8.34 Å². The number of nitrogens with one attached hydrogen (secondary N) is 1. The molecule has 0 aliphatic heterocycles. The predicted molar refractivity (Wildman–Crippen MR) is 82.1 cm³/mol. The summed E-state index contributed by atoms with van der Waals surface area (Å²) >= 11 is 7.68. The van der Waals surface area contributed by atoms with Gasteiger partial charge in [0, 0.05) is 23.0 Å². The van der Waals surface area contributed by atoms with Crippen molar-refractivity contribution in [1.29, 1.82) is 0 Å². The van der Waals surface area contributed by atoms with Crippen LogP contribution in [0.15, 0.2) is 30.6 Å². The van der Waals surface area contributed by atoms with Gasteiger partial charge in [-0.15, -0.1) is 0 Å². The van der Waals surface area contributed by atoms with Crippen LogP contribution in [-0.4, -0.2) is 19.1 Å². The third-order valence-electron chi connectivity index (χ3n) is 2.96. The van der Waals surface area contributed by atoms with Gasteiger partial charge in [-0.25, -0.2) is 4.98 Å². The van der Waals surface area contributed by atoms with Gasteiger partial charge in [0.05, 0.1) is 17.6 Å². The highest BCUT2D eigenvalue weighted by molar-refractivity contribution is 14.1. The third kappa shape index (κ3) is 1.99. The SMILES string of the molecule is Cn1ccnc1Cn1c(=S)[nH]c2cc(I)ccc21. The Balaban J connectivity index is 2.15. The summed E-state index contributed by atoms with van der Waals surface area (Å²) in [4.78, 5) is 7.57. The van der Waals surface area contributed by atoms with Crippen LogP contribution >= 0.6 is 34.8 Å². The number of hydrogen-bond donors (Lipinski definition) is 1. The molecule has 0 atom stereocenters. The number of benzene rings is 1. The first-order valence-electron chi connectivity index (χ1n) is 5.49. The van der Waals surface area contributed by atoms with Gasteiger partial charge in [0.25, 0.3) is 0 Å². The van der Waals surface area contributed by atoms with Gasteiger partial charge in [0.2, 0.25) is 0 Å². The number of aryl methyl sites for hydroxylation is 1. The maximum atomic E-state index is 5.38. The maximum Gasteiger partial charge on any atom is 0.178 e. The van der Waals surface area contributed by atoms with Crippen molar-refractivity contribution in [1.82, 2.24) is 19.1 Å². The van der Waals surface area contributed by atoms with Crippen LogP contribution in [-0.2, 0) is 13.6 Å². The summed E-state index contributed by atoms with van der Waals surface area (Å²) in [5.41, 5.74) is 2.18. The number of fused-ring (bicyclic) bond motifs is 1. The second kappa shape index (κ2) is 4.51. The Bertz CT molecular complexity index is 768. The molecule has 0 saturated carbocycles. The van der Waals surface area contributed by atoms with Crippen molar-refractivity contribution in [3.63, 3.8) is 0 Å². The number of H-pyrrole nitrogens is 1. The number of aromatic amines is 1. The first-order chi connectivity index (χ1) is 8.65. The van der Waals surface area contributed by atoms with Gasteiger partial charge in [-0.2, -0.15) is 0 Å². The molecule has 0 aliphatic rings. The second-order valence-electron chi connectivity index (χ2n) is 4.13. The minimum atomic E-state index is 0.683. The normalized spacial score (nSPS) is 11.2. The Morgan fingerprint density at radius 3 is 3.00 bits per heavy atom. The van der Waals surface area contributed by atoms with E-state index < -0.39 is 0 Å². The summed E-state index contributed by atoms with van der Waals surface area (Å²) < 4.78 is 6.01. The minimum absolute atomic E-state index is 0.683. The first-order valence-corrected chi connectivity index (χ1v) is 6.98. The minimum Gasteiger partial charge on any atom is -0.337 e. The molecule has 0 aliphatic carbocycles. The van der Waals surface area contributed by atoms with Crippen molar-refractivity contribution in [2.24, 2.45) is 7.05 Å². The lowest BCUT2D eigenvalue weighted by molar-refractivity contribution is 0.707. The lowest BCUT2D eigenvalue weighted by Gasteiger charge is -2.04. The molecule has 4 nitrogen and oxygen atoms in total. The highest BCUT2D eigenvalue weighted by atomic mass is 127. The van der Waals surface area contributed by atoms with E-state index in [0.29, 0.717) is 6.54 Å². The smallest absolute Gasteiger partial charge is 0.178 e. The van der Waals surface area contributed by atoms with Crippen LogP contribution in [0.4, 0.5) is 0 Å². The molecule has 18 heavy (non-hydrogen) atoms. The Kier molecular flexibility index (Phi) is 2.98. The zero-order chi connectivity index (χ0) is 12.7. The summed E-state index contributed by atoms with van der Waals surface area (Å²) in [6.07, 6.45) is 3.74. The molecule has 92 valence electrons. The van der Waals surface area contributed by atoms with E-state index in [-0.39, 0.29) is 0 Å². The molecule has 0 bridgehead atoms. The van der Waals surface area contributed by atoms with E-state index in [9.17, 15) is 0 Å². The van der Waals surface area contributed by atoms with Gasteiger partial charge in [-0.05, 0) is 53.0 Å². The largest absolute Gasteiger partial charge is 0.337 e. The van der Waals surface area contributed by atoms with Crippen LogP contribution in [0.1, 0.15) is 5.82 Å². The van der Waals surface area contributed by atoms with Crippen molar-refractivity contribution in [3.8, 4) is 0 Å². The molecule has 0 amide bonds. The predicted octanol–water partition coefficient (Wildman–Crippen LogP) is 3.09. The number of halogens is 1. The molecule has 3 aromatic rings. The third-order valence-corrected chi connectivity index (χ3v) is 3.95. The molecule has 0 fully saturated rings. The van der Waals surface area contributed by atoms with Crippen molar-refractivity contribution in [3.05, 3.63) is 44.8 Å². The highest BCUT2D eigenvalue weighted by Gasteiger charge is 2.07. The summed E-state index contributed by atoms with van der Waals surface area (Å²) in [6.45, 7) is 0.683. The second-order valence-corrected chi connectivity index (χ2v) is 5.76. The fourth-order valence-electron chi connectivity index (χ4n) is 1.98. The van der Waals surface area contributed by atoms with E-state index in [1.165, 1.54) is 3.57 Å². The lowest BCUT2D eigenvalue weighted by Crippen LogP contribution is -2.05. The molecule has 2 heterocycles. The Labute approximate surface area is 123 Å². The Morgan fingerprint density at radius 2 is 2.28 bits per heavy atom. The Morgan fingerprint density at radius 1 is 1.44 bits per heavy atom. The summed E-state index contributed by atoms with van der Waals surface area (Å²) in [7, 11) is 1.99. The topological polar surface area (TPSA) is 38.5 Å². The van der Waals surface area contributed by atoms with Crippen molar-refractivity contribution >= 4 is 45.8 Å². The molecule has 1 N–H and O–H groups in total. The fourth-order valence-corrected chi connectivity index (χ4v) is 2.75. The summed E-state index contributed by atoms with van der Waals surface area (Å²) in [5, 5.41) is 0. The van der Waals surface area contributed by atoms with Gasteiger partial charge in [0.1, 0.15) is 5.82 Å². The van der Waals surface area contributed by atoms with Gasteiger partial charge < -0.3 is 14.1 Å². The van der Waals surface area contributed by atoms with Crippen LogP contribution in [0.2, 0.25) is 0 Å². The number of nitrogens with zero attached hydrogens (tertiary/aromatic N) is 3. The van der Waals surface area contributed by atoms with Gasteiger partial charge in [0.15, 0.2) is 4.77 Å². The van der Waals surface area contributed by atoms with Crippen LogP contribution in [0.3, 0.4) is 0 Å². The molecule has 0 unspecified atom stereocenters. The molecule has 0 saturated heterocycles. The van der Waals surface area contributed by atoms with Crippen molar-refractivity contribution in [2.75, 3.05) is 0 Å². The van der Waals surface area contributed by atoms with Gasteiger partial charge in [-0.1, -0.05) is 0 Å². The zero-order valence-electron chi connectivity index (χ0n) is 9.72. The molecular formula is C12H11IN4S. The average molecular weight is 370 g/mol. The first kappa shape index (κ1) is 11.9. The fraction of sp³-hybridized carbons (Fsp3) is 0.167. The summed E-state index contributed by atoms with van der Waals surface area (Å²) in [5.74, 6) is 0.991. The van der Waals surface area contributed by atoms with Crippen LogP contribution < -0.4 is 0 Å². The monoisotopic (exact) mass is 370 g/mol. The standard InChI is InChI=1S/C12H11IN4S/c1-16-5-4-14-11(16)7-17-10-3-2-8(13)6-9(10)15-12(17)18/h2-6H,7H2,1H3,(H,15,18). The van der Waals surface area contributed by atoms with E-state index in [0.717, 1.165) is 21.6 Å². The summed E-state index contributed by atoms with van der Waals surface area (Å²) in [6, 6.07) is 6.27. The molecule has 1 aromatic carbocycles. The van der Waals surface area contributed by atoms with Gasteiger partial charge >= 0.3 is 0 Å². The van der Waals surface area contributed by atoms with Crippen molar-refractivity contribution < 1.29 is 0 Å². The van der Waals surface area contributed by atoms with E-state index in [1.54, 1.807) is 6.20 Å². The molecular weight excluding hydrogens is 359 g/mol. The van der Waals surface area contributed by atoms with E-state index in [2.05, 4.69) is 55.3 Å². The van der Waals surface area contributed by atoms with Crippen LogP contribution in [0.5, 0.6) is 0 Å². The number of aromatic nitrogens is 4. The van der Waals surface area contributed by atoms with Crippen LogP contribution in [0.25, 0.3) is 11.0 Å². The van der Waals surface area contributed by atoms with Gasteiger partial charge in [-0.3, -0.25) is 0 Å². The molecule has 6 heteroatoms.